The molecule has 0 saturated carbocycles. The molecule has 1 heterocycles. The van der Waals surface area contributed by atoms with Crippen LogP contribution < -0.4 is 11.1 Å². The molecule has 1 aliphatic heterocycles. The molecule has 1 fully saturated rings. The largest absolute Gasteiger partial charge is 0.392 e. The first-order valence-corrected chi connectivity index (χ1v) is 7.51. The van der Waals surface area contributed by atoms with Crippen molar-refractivity contribution in [3.8, 4) is 0 Å². The molecule has 0 aliphatic carbocycles. The highest BCUT2D eigenvalue weighted by molar-refractivity contribution is 7.80. The Bertz CT molecular complexity index is 535. The Kier molecular flexibility index (Phi) is 5.27. The van der Waals surface area contributed by atoms with E-state index in [-0.39, 0.29) is 23.0 Å². The quantitative estimate of drug-likeness (QED) is 0.726. The predicted octanol–water partition coefficient (Wildman–Crippen LogP) is 1.10. The molecular weight excluding hydrogens is 286 g/mol. The van der Waals surface area contributed by atoms with Gasteiger partial charge in [-0.05, 0) is 38.4 Å². The van der Waals surface area contributed by atoms with Crippen molar-refractivity contribution < 1.29 is 9.90 Å². The minimum Gasteiger partial charge on any atom is -0.392 e. The standard InChI is InChI=1S/C15H21N3O2S/c1-10(18-8-4-5-11(19)9-18)15(20)17-13-7-3-2-6-12(13)14(16)21/h2-3,6-7,10-11,19H,4-5,8-9H2,1H3,(H2,16,21)(H,17,20). The molecule has 2 unspecified atom stereocenters. The molecule has 1 aromatic rings. The number of β-amino-alcohol motifs (C(OH)–C–C–N with tert-alkyl or cyclic N) is 1. The van der Waals surface area contributed by atoms with Gasteiger partial charge >= 0.3 is 0 Å². The molecule has 114 valence electrons. The number of para-hydroxylation sites is 1. The highest BCUT2D eigenvalue weighted by Crippen LogP contribution is 2.17. The number of benzene rings is 1. The summed E-state index contributed by atoms with van der Waals surface area (Å²) < 4.78 is 0. The Balaban J connectivity index is 2.05. The molecule has 21 heavy (non-hydrogen) atoms. The first-order valence-electron chi connectivity index (χ1n) is 7.11. The number of hydrogen-bond acceptors (Lipinski definition) is 4. The smallest absolute Gasteiger partial charge is 0.241 e. The second-order valence-corrected chi connectivity index (χ2v) is 5.81. The Morgan fingerprint density at radius 1 is 1.52 bits per heavy atom. The third kappa shape index (κ3) is 4.00. The van der Waals surface area contributed by atoms with Gasteiger partial charge in [-0.1, -0.05) is 24.4 Å². The van der Waals surface area contributed by atoms with Gasteiger partial charge in [-0.2, -0.15) is 0 Å². The van der Waals surface area contributed by atoms with Gasteiger partial charge in [0.1, 0.15) is 4.99 Å². The number of nitrogens with two attached hydrogens (primary N) is 1. The van der Waals surface area contributed by atoms with Gasteiger partial charge in [-0.25, -0.2) is 0 Å². The average molecular weight is 307 g/mol. The van der Waals surface area contributed by atoms with E-state index in [2.05, 4.69) is 5.32 Å². The highest BCUT2D eigenvalue weighted by Gasteiger charge is 2.26. The van der Waals surface area contributed by atoms with E-state index in [0.717, 1.165) is 19.4 Å². The minimum atomic E-state index is -0.349. The third-order valence-corrected chi connectivity index (χ3v) is 4.03. The number of thiocarbonyl (C=S) groups is 1. The fraction of sp³-hybridized carbons (Fsp3) is 0.467. The van der Waals surface area contributed by atoms with Crippen LogP contribution in [0.3, 0.4) is 0 Å². The number of likely N-dealkylation sites (tertiary alicyclic amines) is 1. The molecular formula is C15H21N3O2S. The van der Waals surface area contributed by atoms with E-state index in [0.29, 0.717) is 17.8 Å². The molecule has 1 aliphatic rings. The summed E-state index contributed by atoms with van der Waals surface area (Å²) in [6.07, 6.45) is 1.36. The number of amides is 1. The molecule has 1 amide bonds. The Morgan fingerprint density at radius 2 is 2.24 bits per heavy atom. The van der Waals surface area contributed by atoms with Crippen molar-refractivity contribution in [3.05, 3.63) is 29.8 Å². The fourth-order valence-electron chi connectivity index (χ4n) is 2.55. The van der Waals surface area contributed by atoms with Gasteiger partial charge in [0.05, 0.1) is 17.8 Å². The van der Waals surface area contributed by atoms with Crippen molar-refractivity contribution in [2.75, 3.05) is 18.4 Å². The summed E-state index contributed by atoms with van der Waals surface area (Å²) in [5, 5.41) is 12.6. The van der Waals surface area contributed by atoms with Crippen molar-refractivity contribution in [2.45, 2.75) is 31.9 Å². The molecule has 5 nitrogen and oxygen atoms in total. The zero-order chi connectivity index (χ0) is 15.4. The van der Waals surface area contributed by atoms with Gasteiger partial charge < -0.3 is 16.2 Å². The number of rotatable bonds is 4. The van der Waals surface area contributed by atoms with E-state index in [1.54, 1.807) is 12.1 Å². The first-order chi connectivity index (χ1) is 9.99. The number of nitrogens with one attached hydrogen (secondary N) is 1. The fourth-order valence-corrected chi connectivity index (χ4v) is 2.72. The molecule has 4 N–H and O–H groups in total. The zero-order valence-corrected chi connectivity index (χ0v) is 12.9. The number of piperidine rings is 1. The van der Waals surface area contributed by atoms with Crippen molar-refractivity contribution >= 4 is 28.8 Å². The van der Waals surface area contributed by atoms with Gasteiger partial charge in [0.25, 0.3) is 0 Å². The van der Waals surface area contributed by atoms with E-state index in [1.807, 2.05) is 24.0 Å². The second kappa shape index (κ2) is 6.98. The van der Waals surface area contributed by atoms with Crippen LogP contribution in [0.1, 0.15) is 25.3 Å². The number of anilines is 1. The second-order valence-electron chi connectivity index (χ2n) is 5.37. The molecule has 1 saturated heterocycles. The summed E-state index contributed by atoms with van der Waals surface area (Å²) in [6, 6.07) is 6.91. The summed E-state index contributed by atoms with van der Waals surface area (Å²) in [6.45, 7) is 3.20. The lowest BCUT2D eigenvalue weighted by Crippen LogP contribution is -2.48. The minimum absolute atomic E-state index is 0.118. The lowest BCUT2D eigenvalue weighted by molar-refractivity contribution is -0.121. The average Bonchev–Trinajstić information content (AvgIpc) is 2.46. The maximum absolute atomic E-state index is 12.4. The van der Waals surface area contributed by atoms with Crippen LogP contribution in [0.15, 0.2) is 24.3 Å². The molecule has 2 rings (SSSR count). The number of nitrogens with zero attached hydrogens (tertiary/aromatic N) is 1. The Hall–Kier alpha value is -1.50. The van der Waals surface area contributed by atoms with Crippen LogP contribution in [0, 0.1) is 0 Å². The summed E-state index contributed by atoms with van der Waals surface area (Å²) in [5.74, 6) is -0.118. The SMILES string of the molecule is CC(C(=O)Nc1ccccc1C(N)=S)N1CCCC(O)C1. The maximum atomic E-state index is 12.4. The molecule has 0 radical (unpaired) electrons. The molecule has 0 aromatic heterocycles. The van der Waals surface area contributed by atoms with E-state index >= 15 is 0 Å². The number of carbonyl (C=O) groups is 1. The summed E-state index contributed by atoms with van der Waals surface area (Å²) in [7, 11) is 0. The van der Waals surface area contributed by atoms with Gasteiger partial charge in [-0.15, -0.1) is 0 Å². The third-order valence-electron chi connectivity index (χ3n) is 3.81. The Labute approximate surface area is 130 Å². The van der Waals surface area contributed by atoms with Crippen LogP contribution in [-0.4, -0.2) is 46.1 Å². The van der Waals surface area contributed by atoms with Gasteiger partial charge in [0.15, 0.2) is 0 Å². The summed E-state index contributed by atoms with van der Waals surface area (Å²) >= 11 is 4.99. The molecule has 1 aromatic carbocycles. The van der Waals surface area contributed by atoms with Gasteiger partial charge in [-0.3, -0.25) is 9.69 Å². The molecule has 6 heteroatoms. The van der Waals surface area contributed by atoms with Gasteiger partial charge in [0, 0.05) is 12.1 Å². The number of aliphatic hydroxyl groups is 1. The molecule has 0 bridgehead atoms. The van der Waals surface area contributed by atoms with E-state index in [4.69, 9.17) is 18.0 Å². The maximum Gasteiger partial charge on any atom is 0.241 e. The summed E-state index contributed by atoms with van der Waals surface area (Å²) in [4.78, 5) is 14.6. The molecule has 2 atom stereocenters. The van der Waals surface area contributed by atoms with Crippen molar-refractivity contribution in [1.82, 2.24) is 4.90 Å². The molecule has 0 spiro atoms. The van der Waals surface area contributed by atoms with E-state index in [9.17, 15) is 9.90 Å². The lowest BCUT2D eigenvalue weighted by atomic mass is 10.1. The van der Waals surface area contributed by atoms with Gasteiger partial charge in [0.2, 0.25) is 5.91 Å². The topological polar surface area (TPSA) is 78.6 Å². The van der Waals surface area contributed by atoms with Crippen LogP contribution in [0.5, 0.6) is 0 Å². The van der Waals surface area contributed by atoms with Crippen molar-refractivity contribution in [2.24, 2.45) is 5.73 Å². The van der Waals surface area contributed by atoms with Crippen molar-refractivity contribution in [1.29, 1.82) is 0 Å². The van der Waals surface area contributed by atoms with E-state index in [1.165, 1.54) is 0 Å². The number of carbonyl (C=O) groups excluding carboxylic acids is 1. The monoisotopic (exact) mass is 307 g/mol. The van der Waals surface area contributed by atoms with Crippen LogP contribution in [-0.2, 0) is 4.79 Å². The number of hydrogen-bond donors (Lipinski definition) is 3. The summed E-state index contributed by atoms with van der Waals surface area (Å²) in [5.41, 5.74) is 6.95. The van der Waals surface area contributed by atoms with Crippen LogP contribution in [0.2, 0.25) is 0 Å². The first kappa shape index (κ1) is 15.9. The van der Waals surface area contributed by atoms with Crippen LogP contribution in [0.4, 0.5) is 5.69 Å². The van der Waals surface area contributed by atoms with Crippen LogP contribution >= 0.6 is 12.2 Å². The lowest BCUT2D eigenvalue weighted by Gasteiger charge is -2.34. The van der Waals surface area contributed by atoms with E-state index < -0.39 is 0 Å². The zero-order valence-electron chi connectivity index (χ0n) is 12.1. The van der Waals surface area contributed by atoms with Crippen LogP contribution in [0.25, 0.3) is 0 Å². The predicted molar refractivity (Wildman–Crippen MR) is 87.2 cm³/mol. The highest BCUT2D eigenvalue weighted by atomic mass is 32.1. The van der Waals surface area contributed by atoms with Crippen molar-refractivity contribution in [3.63, 3.8) is 0 Å². The number of aliphatic hydroxyl groups excluding tert-OH is 1. The normalized spacial score (nSPS) is 20.8. The Morgan fingerprint density at radius 3 is 2.90 bits per heavy atom.